The van der Waals surface area contributed by atoms with E-state index >= 15 is 0 Å². The number of aromatic nitrogens is 2. The molecule has 0 saturated heterocycles. The molecular weight excluding hydrogens is 714 g/mol. The predicted octanol–water partition coefficient (Wildman–Crippen LogP) is 6.37. The van der Waals surface area contributed by atoms with Gasteiger partial charge in [0.05, 0.1) is 35.0 Å². The maximum atomic E-state index is 14.3. The van der Waals surface area contributed by atoms with E-state index in [1.807, 2.05) is 18.4 Å². The van der Waals surface area contributed by atoms with Crippen LogP contribution in [0.4, 0.5) is 0 Å². The molecule has 0 saturated carbocycles. The number of nitrogens with zero attached hydrogens (tertiary/aromatic N) is 2. The van der Waals surface area contributed by atoms with Crippen molar-refractivity contribution in [3.8, 4) is 40.1 Å². The van der Waals surface area contributed by atoms with Gasteiger partial charge in [-0.2, -0.15) is 4.98 Å². The number of allylic oxidation sites excluding steroid dienone is 1. The summed E-state index contributed by atoms with van der Waals surface area (Å²) in [5.74, 6) is -2.16. The molecule has 2 aliphatic rings. The van der Waals surface area contributed by atoms with Crippen LogP contribution < -0.4 is 29.0 Å². The van der Waals surface area contributed by atoms with E-state index in [0.29, 0.717) is 22.6 Å². The molecule has 1 amide bonds. The second-order valence-electron chi connectivity index (χ2n) is 12.1. The Kier molecular flexibility index (Phi) is 10.4. The summed E-state index contributed by atoms with van der Waals surface area (Å²) in [5.41, 5.74) is -0.917. The van der Waals surface area contributed by atoms with Gasteiger partial charge in [-0.15, -0.1) is 11.8 Å². The van der Waals surface area contributed by atoms with E-state index in [9.17, 15) is 19.5 Å². The minimum absolute atomic E-state index is 0.0147. The van der Waals surface area contributed by atoms with Gasteiger partial charge in [-0.3, -0.25) is 14.4 Å². The van der Waals surface area contributed by atoms with Crippen LogP contribution >= 0.6 is 23.4 Å². The second-order valence-corrected chi connectivity index (χ2v) is 13.4. The lowest BCUT2D eigenvalue weighted by atomic mass is 9.69. The van der Waals surface area contributed by atoms with E-state index in [-0.39, 0.29) is 64.5 Å². The first-order valence-corrected chi connectivity index (χ1v) is 17.7. The highest BCUT2D eigenvalue weighted by molar-refractivity contribution is 7.98. The van der Waals surface area contributed by atoms with Gasteiger partial charge < -0.3 is 38.6 Å². The van der Waals surface area contributed by atoms with Gasteiger partial charge in [-0.05, 0) is 42.2 Å². The number of rotatable bonds is 12. The number of methoxy groups -OCH3 is 4. The Balaban J connectivity index is 1.33. The number of Topliss-reactive ketones (excluding diaryl/α,β-unsaturated/α-hetero) is 2. The highest BCUT2D eigenvalue weighted by Crippen LogP contribution is 2.55. The zero-order chi connectivity index (χ0) is 37.3. The van der Waals surface area contributed by atoms with Crippen molar-refractivity contribution in [1.29, 1.82) is 0 Å². The average Bonchev–Trinajstić information content (AvgIpc) is 3.76. The molecule has 52 heavy (non-hydrogen) atoms. The van der Waals surface area contributed by atoms with Crippen LogP contribution in [-0.2, 0) is 16.1 Å². The SMILES string of the molecule is COc1ccc(-c2noc(CNC(=O)CC(C3=C(O)C4(Oc5c(Cl)c(OC)cc(OC)c5C4=O)C(C)CC3=O)c3ccc(SC)cc3)n2)cc1OC. The smallest absolute Gasteiger partial charge is 0.246 e. The largest absolute Gasteiger partial charge is 0.507 e. The number of hydrogen-bond donors (Lipinski definition) is 2. The Morgan fingerprint density at radius 3 is 2.37 bits per heavy atom. The lowest BCUT2D eigenvalue weighted by molar-refractivity contribution is -0.122. The molecule has 13 nitrogen and oxygen atoms in total. The lowest BCUT2D eigenvalue weighted by Gasteiger charge is -2.38. The minimum Gasteiger partial charge on any atom is -0.507 e. The topological polar surface area (TPSA) is 169 Å². The molecule has 1 aliphatic carbocycles. The van der Waals surface area contributed by atoms with Crippen molar-refractivity contribution in [2.45, 2.75) is 42.7 Å². The number of carbonyl (C=O) groups excluding carboxylic acids is 3. The standard InChI is InChI=1S/C37H36ClN3O10S/c1-18-13-23(42)30(34(44)37(18)35(45)31-26(48-4)16-27(49-5)32(38)33(31)50-37)22(19-7-10-21(52-6)11-8-19)15-28(43)39-17-29-40-36(41-51-29)20-9-12-24(46-2)25(14-20)47-3/h7-12,14,16,18,22,44H,13,15,17H2,1-6H3,(H,39,43). The van der Waals surface area contributed by atoms with Gasteiger partial charge in [0, 0.05) is 46.8 Å². The molecule has 3 aromatic carbocycles. The van der Waals surface area contributed by atoms with Gasteiger partial charge >= 0.3 is 0 Å². The Morgan fingerprint density at radius 2 is 1.71 bits per heavy atom. The summed E-state index contributed by atoms with van der Waals surface area (Å²) in [7, 11) is 5.84. The van der Waals surface area contributed by atoms with Crippen LogP contribution in [0.1, 0.15) is 47.5 Å². The molecule has 3 unspecified atom stereocenters. The zero-order valence-corrected chi connectivity index (χ0v) is 30.8. The fourth-order valence-electron chi connectivity index (χ4n) is 6.61. The van der Waals surface area contributed by atoms with E-state index in [1.165, 1.54) is 46.3 Å². The maximum absolute atomic E-state index is 14.3. The van der Waals surface area contributed by atoms with E-state index < -0.39 is 40.7 Å². The van der Waals surface area contributed by atoms with Crippen LogP contribution in [0.15, 0.2) is 69.3 Å². The fraction of sp³-hybridized carbons (Fsp3) is 0.324. The minimum atomic E-state index is -2.01. The van der Waals surface area contributed by atoms with E-state index in [2.05, 4.69) is 15.5 Å². The van der Waals surface area contributed by atoms with Crippen molar-refractivity contribution >= 4 is 40.8 Å². The van der Waals surface area contributed by atoms with Gasteiger partial charge in [0.2, 0.25) is 29.0 Å². The summed E-state index contributed by atoms with van der Waals surface area (Å²) in [6, 6.07) is 13.9. The van der Waals surface area contributed by atoms with Crippen LogP contribution in [0.2, 0.25) is 5.02 Å². The molecule has 15 heteroatoms. The monoisotopic (exact) mass is 749 g/mol. The molecule has 0 bridgehead atoms. The molecule has 2 N–H and O–H groups in total. The summed E-state index contributed by atoms with van der Waals surface area (Å²) in [5, 5.41) is 18.9. The van der Waals surface area contributed by atoms with Crippen molar-refractivity contribution in [2.24, 2.45) is 5.92 Å². The normalized spacial score (nSPS) is 18.6. The quantitative estimate of drug-likeness (QED) is 0.153. The molecule has 3 atom stereocenters. The molecule has 0 radical (unpaired) electrons. The fourth-order valence-corrected chi connectivity index (χ4v) is 7.29. The van der Waals surface area contributed by atoms with Crippen molar-refractivity contribution in [3.05, 3.63) is 81.9 Å². The van der Waals surface area contributed by atoms with Crippen LogP contribution in [0, 0.1) is 5.92 Å². The number of fused-ring (bicyclic) bond motifs is 1. The van der Waals surface area contributed by atoms with E-state index in [4.69, 9.17) is 39.8 Å². The molecule has 2 heterocycles. The van der Waals surface area contributed by atoms with E-state index in [1.54, 1.807) is 37.3 Å². The average molecular weight is 750 g/mol. The number of benzene rings is 3. The predicted molar refractivity (Wildman–Crippen MR) is 191 cm³/mol. The number of thioether (sulfide) groups is 1. The van der Waals surface area contributed by atoms with E-state index in [0.717, 1.165) is 4.90 Å². The summed E-state index contributed by atoms with van der Waals surface area (Å²) in [6.45, 7) is 1.52. The van der Waals surface area contributed by atoms with Crippen LogP contribution in [0.5, 0.6) is 28.7 Å². The first-order valence-electron chi connectivity index (χ1n) is 16.1. The zero-order valence-electron chi connectivity index (χ0n) is 29.2. The van der Waals surface area contributed by atoms with Crippen molar-refractivity contribution < 1.29 is 47.7 Å². The Bertz CT molecular complexity index is 2080. The third-order valence-corrected chi connectivity index (χ3v) is 10.4. The molecule has 1 aromatic heterocycles. The van der Waals surface area contributed by atoms with Gasteiger partial charge in [0.25, 0.3) is 0 Å². The van der Waals surface area contributed by atoms with Gasteiger partial charge in [0.15, 0.2) is 28.8 Å². The Morgan fingerprint density at radius 1 is 1.02 bits per heavy atom. The third kappa shape index (κ3) is 6.30. The highest BCUT2D eigenvalue weighted by atomic mass is 35.5. The number of aliphatic hydroxyl groups is 1. The summed E-state index contributed by atoms with van der Waals surface area (Å²) in [4.78, 5) is 47.2. The number of carbonyl (C=O) groups is 3. The van der Waals surface area contributed by atoms with Gasteiger partial charge in [0.1, 0.15) is 22.1 Å². The number of ether oxygens (including phenoxy) is 5. The second kappa shape index (κ2) is 14.8. The van der Waals surface area contributed by atoms with Gasteiger partial charge in [-0.25, -0.2) is 0 Å². The third-order valence-electron chi connectivity index (χ3n) is 9.31. The summed E-state index contributed by atoms with van der Waals surface area (Å²) in [6.07, 6.45) is 1.50. The number of nitrogens with one attached hydrogen (secondary N) is 1. The van der Waals surface area contributed by atoms with Crippen LogP contribution in [-0.4, -0.2) is 73.0 Å². The number of ketones is 2. The molecule has 1 aliphatic heterocycles. The first-order chi connectivity index (χ1) is 25.0. The van der Waals surface area contributed by atoms with Crippen molar-refractivity contribution in [2.75, 3.05) is 34.7 Å². The molecule has 272 valence electrons. The van der Waals surface area contributed by atoms with Crippen molar-refractivity contribution in [3.63, 3.8) is 0 Å². The molecular formula is C37H36ClN3O10S. The molecule has 6 rings (SSSR count). The molecule has 0 fully saturated rings. The summed E-state index contributed by atoms with van der Waals surface area (Å²) >= 11 is 8.13. The van der Waals surface area contributed by atoms with Crippen molar-refractivity contribution in [1.82, 2.24) is 15.5 Å². The van der Waals surface area contributed by atoms with Crippen LogP contribution in [0.25, 0.3) is 11.4 Å². The number of hydrogen-bond acceptors (Lipinski definition) is 13. The number of aliphatic hydroxyl groups excluding tert-OH is 1. The van der Waals surface area contributed by atoms with Gasteiger partial charge in [-0.1, -0.05) is 35.8 Å². The number of amides is 1. The highest BCUT2D eigenvalue weighted by Gasteiger charge is 2.61. The molecule has 4 aromatic rings. The van der Waals surface area contributed by atoms with Crippen LogP contribution in [0.3, 0.4) is 0 Å². The maximum Gasteiger partial charge on any atom is 0.246 e. The molecule has 1 spiro atoms. The first kappa shape index (κ1) is 36.6. The Hall–Kier alpha value is -5.21. The number of halogens is 1. The Labute approximate surface area is 308 Å². The summed E-state index contributed by atoms with van der Waals surface area (Å²) < 4.78 is 33.2. The lowest BCUT2D eigenvalue weighted by Crippen LogP contribution is -2.53.